The van der Waals surface area contributed by atoms with Crippen LogP contribution >= 0.6 is 0 Å². The van der Waals surface area contributed by atoms with E-state index in [0.717, 1.165) is 31.2 Å². The van der Waals surface area contributed by atoms with Crippen LogP contribution in [-0.4, -0.2) is 24.0 Å². The molecule has 2 rings (SSSR count). The Hall–Kier alpha value is -1.55. The van der Waals surface area contributed by atoms with E-state index in [2.05, 4.69) is 38.1 Å². The number of hydrogen-bond acceptors (Lipinski definition) is 4. The topological polar surface area (TPSA) is 55.8 Å². The van der Waals surface area contributed by atoms with E-state index in [0.29, 0.717) is 32.3 Å². The summed E-state index contributed by atoms with van der Waals surface area (Å²) in [6.07, 6.45) is 13.7. The number of rotatable bonds is 13. The average molecular weight is 419 g/mol. The lowest BCUT2D eigenvalue weighted by Gasteiger charge is -2.36. The lowest BCUT2D eigenvalue weighted by atomic mass is 9.78. The van der Waals surface area contributed by atoms with Gasteiger partial charge in [0, 0.05) is 0 Å². The Morgan fingerprint density at radius 1 is 0.933 bits per heavy atom. The summed E-state index contributed by atoms with van der Waals surface area (Å²) in [5.74, 6) is 0. The van der Waals surface area contributed by atoms with E-state index in [4.69, 9.17) is 9.47 Å². The third kappa shape index (κ3) is 8.67. The maximum atomic E-state index is 11.9. The van der Waals surface area contributed by atoms with Gasteiger partial charge in [0.05, 0.1) is 12.2 Å². The van der Waals surface area contributed by atoms with Crippen LogP contribution in [0, 0.1) is 0 Å². The predicted molar refractivity (Wildman–Crippen MR) is 122 cm³/mol. The minimum Gasteiger partial charge on any atom is -0.434 e. The highest BCUT2D eigenvalue weighted by atomic mass is 16.7. The van der Waals surface area contributed by atoms with Gasteiger partial charge < -0.3 is 14.6 Å². The molecule has 170 valence electrons. The fourth-order valence-electron chi connectivity index (χ4n) is 4.24. The van der Waals surface area contributed by atoms with Crippen LogP contribution in [0.5, 0.6) is 0 Å². The molecule has 0 aromatic heterocycles. The Morgan fingerprint density at radius 3 is 2.17 bits per heavy atom. The van der Waals surface area contributed by atoms with Gasteiger partial charge in [0.2, 0.25) is 0 Å². The first kappa shape index (κ1) is 24.7. The predicted octanol–water partition coefficient (Wildman–Crippen LogP) is 7.06. The van der Waals surface area contributed by atoms with Crippen molar-refractivity contribution in [3.8, 4) is 0 Å². The molecule has 0 atom stereocenters. The van der Waals surface area contributed by atoms with Crippen molar-refractivity contribution in [3.05, 3.63) is 35.4 Å². The minimum atomic E-state index is -0.816. The lowest BCUT2D eigenvalue weighted by Crippen LogP contribution is -2.35. The van der Waals surface area contributed by atoms with Gasteiger partial charge in [0.25, 0.3) is 0 Å². The second-order valence-electron chi connectivity index (χ2n) is 8.87. The van der Waals surface area contributed by atoms with Gasteiger partial charge in [-0.3, -0.25) is 0 Å². The number of benzene rings is 1. The van der Waals surface area contributed by atoms with Gasteiger partial charge in [-0.15, -0.1) is 0 Å². The first-order valence-corrected chi connectivity index (χ1v) is 12.2. The van der Waals surface area contributed by atoms with Gasteiger partial charge >= 0.3 is 6.16 Å². The molecule has 0 bridgehead atoms. The molecule has 1 aliphatic rings. The molecule has 0 aliphatic heterocycles. The Bertz CT molecular complexity index is 588. The van der Waals surface area contributed by atoms with Crippen molar-refractivity contribution in [3.63, 3.8) is 0 Å². The van der Waals surface area contributed by atoms with Crippen molar-refractivity contribution >= 4 is 6.16 Å². The zero-order valence-corrected chi connectivity index (χ0v) is 19.2. The molecule has 1 fully saturated rings. The highest BCUT2D eigenvalue weighted by molar-refractivity contribution is 5.60. The van der Waals surface area contributed by atoms with Crippen LogP contribution in [0.4, 0.5) is 4.79 Å². The third-order valence-corrected chi connectivity index (χ3v) is 6.30. The molecule has 4 nitrogen and oxygen atoms in total. The van der Waals surface area contributed by atoms with Crippen LogP contribution in [0.25, 0.3) is 0 Å². The van der Waals surface area contributed by atoms with E-state index >= 15 is 0 Å². The zero-order chi connectivity index (χ0) is 21.7. The molecule has 1 N–H and O–H groups in total. The Morgan fingerprint density at radius 2 is 1.53 bits per heavy atom. The third-order valence-electron chi connectivity index (χ3n) is 6.30. The summed E-state index contributed by atoms with van der Waals surface area (Å²) in [6, 6.07) is 8.47. The standard InChI is InChI=1S/C26H42O4/c1-3-5-7-9-10-12-22-13-15-23(16-14-22)26(28)19-17-24(18-20-26)30-25(27)29-21-11-8-6-4-2/h13-16,24,28H,3-12,17-21H2,1-2H3. The van der Waals surface area contributed by atoms with Crippen molar-refractivity contribution in [2.75, 3.05) is 6.61 Å². The molecule has 1 aromatic rings. The second kappa shape index (κ2) is 13.7. The Balaban J connectivity index is 1.70. The van der Waals surface area contributed by atoms with E-state index in [1.54, 1.807) is 0 Å². The van der Waals surface area contributed by atoms with Gasteiger partial charge in [0.1, 0.15) is 6.10 Å². The number of aryl methyl sites for hydroxylation is 1. The molecule has 0 saturated heterocycles. The fourth-order valence-corrected chi connectivity index (χ4v) is 4.24. The number of carbonyl (C=O) groups is 1. The van der Waals surface area contributed by atoms with Crippen LogP contribution in [0.15, 0.2) is 24.3 Å². The summed E-state index contributed by atoms with van der Waals surface area (Å²) in [6.45, 7) is 4.83. The quantitative estimate of drug-likeness (QED) is 0.275. The fraction of sp³-hybridized carbons (Fsp3) is 0.731. The van der Waals surface area contributed by atoms with Crippen LogP contribution in [0.1, 0.15) is 108 Å². The number of unbranched alkanes of at least 4 members (excludes halogenated alkanes) is 7. The molecule has 0 spiro atoms. The number of ether oxygens (including phenoxy) is 2. The number of aliphatic hydroxyl groups is 1. The van der Waals surface area contributed by atoms with Crippen LogP contribution < -0.4 is 0 Å². The van der Waals surface area contributed by atoms with E-state index in [1.807, 2.05) is 0 Å². The summed E-state index contributed by atoms with van der Waals surface area (Å²) in [4.78, 5) is 11.9. The highest BCUT2D eigenvalue weighted by Crippen LogP contribution is 2.38. The summed E-state index contributed by atoms with van der Waals surface area (Å²) in [5, 5.41) is 11.1. The molecule has 0 radical (unpaired) electrons. The smallest absolute Gasteiger partial charge is 0.434 e. The first-order valence-electron chi connectivity index (χ1n) is 12.2. The van der Waals surface area contributed by atoms with Crippen LogP contribution in [0.2, 0.25) is 0 Å². The average Bonchev–Trinajstić information content (AvgIpc) is 2.75. The molecule has 1 saturated carbocycles. The van der Waals surface area contributed by atoms with E-state index in [1.165, 1.54) is 44.1 Å². The van der Waals surface area contributed by atoms with E-state index < -0.39 is 11.8 Å². The number of carbonyl (C=O) groups excluding carboxylic acids is 1. The van der Waals surface area contributed by atoms with E-state index in [9.17, 15) is 9.90 Å². The van der Waals surface area contributed by atoms with Crippen molar-refractivity contribution in [1.82, 2.24) is 0 Å². The highest BCUT2D eigenvalue weighted by Gasteiger charge is 2.36. The van der Waals surface area contributed by atoms with Crippen molar-refractivity contribution in [1.29, 1.82) is 0 Å². The summed E-state index contributed by atoms with van der Waals surface area (Å²) in [7, 11) is 0. The minimum absolute atomic E-state index is 0.157. The maximum Gasteiger partial charge on any atom is 0.508 e. The van der Waals surface area contributed by atoms with Gasteiger partial charge in [-0.2, -0.15) is 0 Å². The van der Waals surface area contributed by atoms with Crippen molar-refractivity contribution < 1.29 is 19.4 Å². The van der Waals surface area contributed by atoms with Gasteiger partial charge in [-0.1, -0.05) is 83.1 Å². The van der Waals surface area contributed by atoms with Crippen molar-refractivity contribution in [2.45, 2.75) is 115 Å². The molecule has 1 aliphatic carbocycles. The molecule has 0 unspecified atom stereocenters. The maximum absolute atomic E-state index is 11.9. The molecular formula is C26H42O4. The SMILES string of the molecule is CCCCCCCc1ccc(C2(O)CCC(OC(=O)OCCCCCC)CC2)cc1. The molecule has 4 heteroatoms. The van der Waals surface area contributed by atoms with Gasteiger partial charge in [-0.25, -0.2) is 4.79 Å². The van der Waals surface area contributed by atoms with Crippen molar-refractivity contribution in [2.24, 2.45) is 0 Å². The second-order valence-corrected chi connectivity index (χ2v) is 8.87. The summed E-state index contributed by atoms with van der Waals surface area (Å²) >= 11 is 0. The molecule has 1 aromatic carbocycles. The molecular weight excluding hydrogens is 376 g/mol. The Labute approximate surface area is 183 Å². The summed E-state index contributed by atoms with van der Waals surface area (Å²) in [5.41, 5.74) is 1.51. The lowest BCUT2D eigenvalue weighted by molar-refractivity contribution is -0.0538. The number of hydrogen-bond donors (Lipinski definition) is 1. The molecule has 30 heavy (non-hydrogen) atoms. The van der Waals surface area contributed by atoms with Crippen LogP contribution in [-0.2, 0) is 21.5 Å². The zero-order valence-electron chi connectivity index (χ0n) is 19.2. The largest absolute Gasteiger partial charge is 0.508 e. The summed E-state index contributed by atoms with van der Waals surface area (Å²) < 4.78 is 10.6. The van der Waals surface area contributed by atoms with Gasteiger partial charge in [0.15, 0.2) is 0 Å². The first-order chi connectivity index (χ1) is 14.6. The molecule has 0 heterocycles. The van der Waals surface area contributed by atoms with Gasteiger partial charge in [-0.05, 0) is 56.1 Å². The molecule has 0 amide bonds. The normalized spacial score (nSPS) is 21.4. The Kier molecular flexibility index (Phi) is 11.3. The monoisotopic (exact) mass is 418 g/mol. The van der Waals surface area contributed by atoms with Crippen LogP contribution in [0.3, 0.4) is 0 Å². The van der Waals surface area contributed by atoms with E-state index in [-0.39, 0.29) is 6.10 Å².